The maximum absolute atomic E-state index is 13.1. The van der Waals surface area contributed by atoms with Gasteiger partial charge in [-0.05, 0) is 61.7 Å². The van der Waals surface area contributed by atoms with Crippen LogP contribution in [0.1, 0.15) is 65.6 Å². The molecule has 3 aromatic rings. The van der Waals surface area contributed by atoms with Crippen LogP contribution in [-0.4, -0.2) is 46.5 Å². The number of rotatable bonds is 5. The molecule has 1 saturated heterocycles. The molecule has 2 aliphatic rings. The number of hydrogen-bond donors (Lipinski definition) is 1. The second kappa shape index (κ2) is 8.62. The van der Waals surface area contributed by atoms with E-state index in [2.05, 4.69) is 5.32 Å². The van der Waals surface area contributed by atoms with Crippen LogP contribution in [0, 0.1) is 6.92 Å². The van der Waals surface area contributed by atoms with Crippen LogP contribution in [0.4, 0.5) is 5.69 Å². The lowest BCUT2D eigenvalue weighted by Gasteiger charge is -2.19. The fourth-order valence-electron chi connectivity index (χ4n) is 4.42. The van der Waals surface area contributed by atoms with Crippen LogP contribution < -0.4 is 5.32 Å². The number of aryl methyl sites for hydroxylation is 1. The highest BCUT2D eigenvalue weighted by Gasteiger charge is 2.36. The van der Waals surface area contributed by atoms with Crippen molar-refractivity contribution in [1.82, 2.24) is 9.80 Å². The third kappa shape index (κ3) is 3.77. The van der Waals surface area contributed by atoms with E-state index in [-0.39, 0.29) is 29.1 Å². The number of fused-ring (bicyclic) bond motifs is 1. The van der Waals surface area contributed by atoms with Crippen LogP contribution in [0.3, 0.4) is 0 Å². The first kappa shape index (κ1) is 21.6. The zero-order chi connectivity index (χ0) is 23.8. The molecule has 0 aliphatic carbocycles. The van der Waals surface area contributed by atoms with Crippen molar-refractivity contribution in [1.29, 1.82) is 0 Å². The Morgan fingerprint density at radius 1 is 0.971 bits per heavy atom. The zero-order valence-corrected chi connectivity index (χ0v) is 18.7. The molecule has 0 saturated carbocycles. The summed E-state index contributed by atoms with van der Waals surface area (Å²) in [4.78, 5) is 54.6. The Bertz CT molecular complexity index is 1310. The molecule has 5 rings (SSSR count). The van der Waals surface area contributed by atoms with Gasteiger partial charge in [0.25, 0.3) is 23.6 Å². The Morgan fingerprint density at radius 2 is 1.74 bits per heavy atom. The largest absolute Gasteiger partial charge is 0.467 e. The van der Waals surface area contributed by atoms with Crippen LogP contribution in [0.2, 0.25) is 0 Å². The summed E-state index contributed by atoms with van der Waals surface area (Å²) in [6.45, 7) is 3.26. The van der Waals surface area contributed by atoms with E-state index in [0.717, 1.165) is 23.3 Å². The maximum Gasteiger partial charge on any atom is 0.261 e. The van der Waals surface area contributed by atoms with Gasteiger partial charge < -0.3 is 14.6 Å². The number of likely N-dealkylation sites (tertiary alicyclic amines) is 1. The van der Waals surface area contributed by atoms with Crippen molar-refractivity contribution in [3.8, 4) is 0 Å². The molecule has 4 amide bonds. The summed E-state index contributed by atoms with van der Waals surface area (Å²) < 4.78 is 5.26. The van der Waals surface area contributed by atoms with Crippen LogP contribution in [-0.2, 0) is 6.54 Å². The quantitative estimate of drug-likeness (QED) is 0.587. The molecule has 8 nitrogen and oxygen atoms in total. The maximum atomic E-state index is 13.1. The summed E-state index contributed by atoms with van der Waals surface area (Å²) in [5, 5.41) is 2.85. The third-order valence-electron chi connectivity index (χ3n) is 6.26. The summed E-state index contributed by atoms with van der Waals surface area (Å²) >= 11 is 0. The van der Waals surface area contributed by atoms with Crippen LogP contribution in [0.5, 0.6) is 0 Å². The van der Waals surface area contributed by atoms with Crippen molar-refractivity contribution in [2.45, 2.75) is 26.3 Å². The summed E-state index contributed by atoms with van der Waals surface area (Å²) in [5.74, 6) is -0.994. The van der Waals surface area contributed by atoms with E-state index in [1.165, 1.54) is 24.5 Å². The highest BCUT2D eigenvalue weighted by atomic mass is 16.3. The van der Waals surface area contributed by atoms with E-state index in [0.29, 0.717) is 30.1 Å². The lowest BCUT2D eigenvalue weighted by Crippen LogP contribution is -2.29. The molecule has 0 atom stereocenters. The van der Waals surface area contributed by atoms with Crippen LogP contribution >= 0.6 is 0 Å². The summed E-state index contributed by atoms with van der Waals surface area (Å²) in [6.07, 6.45) is 3.42. The standard InChI is InChI=1S/C26H23N3O5/c1-16-6-4-8-20(24(31)28-11-2-3-12-28)22(16)27-23(30)17-9-10-19-21(14-17)26(33)29(25(19)32)15-18-7-5-13-34-18/h4-10,13-14H,2-3,11-12,15H2,1H3,(H,27,30). The molecule has 3 heterocycles. The number of amides is 4. The lowest BCUT2D eigenvalue weighted by molar-refractivity contribution is 0.0630. The molecule has 1 N–H and O–H groups in total. The van der Waals surface area contributed by atoms with Gasteiger partial charge in [0.1, 0.15) is 5.76 Å². The van der Waals surface area contributed by atoms with Crippen molar-refractivity contribution in [3.63, 3.8) is 0 Å². The molecular formula is C26H23N3O5. The average molecular weight is 457 g/mol. The first-order valence-corrected chi connectivity index (χ1v) is 11.2. The van der Waals surface area contributed by atoms with E-state index in [4.69, 9.17) is 4.42 Å². The van der Waals surface area contributed by atoms with Gasteiger partial charge in [0.15, 0.2) is 0 Å². The number of para-hydroxylation sites is 1. The summed E-state index contributed by atoms with van der Waals surface area (Å²) in [6, 6.07) is 13.1. The predicted molar refractivity (Wildman–Crippen MR) is 124 cm³/mol. The zero-order valence-electron chi connectivity index (χ0n) is 18.7. The fourth-order valence-corrected chi connectivity index (χ4v) is 4.42. The third-order valence-corrected chi connectivity index (χ3v) is 6.26. The van der Waals surface area contributed by atoms with Gasteiger partial charge in [0.05, 0.1) is 35.2 Å². The van der Waals surface area contributed by atoms with Gasteiger partial charge in [-0.25, -0.2) is 0 Å². The van der Waals surface area contributed by atoms with E-state index in [9.17, 15) is 19.2 Å². The Kier molecular flexibility index (Phi) is 5.49. The number of carbonyl (C=O) groups excluding carboxylic acids is 4. The molecule has 2 aromatic carbocycles. The van der Waals surface area contributed by atoms with Gasteiger partial charge in [-0.15, -0.1) is 0 Å². The highest BCUT2D eigenvalue weighted by molar-refractivity contribution is 6.22. The summed E-state index contributed by atoms with van der Waals surface area (Å²) in [7, 11) is 0. The molecule has 8 heteroatoms. The number of hydrogen-bond acceptors (Lipinski definition) is 5. The van der Waals surface area contributed by atoms with E-state index in [1.807, 2.05) is 13.0 Å². The summed E-state index contributed by atoms with van der Waals surface area (Å²) in [5.41, 5.74) is 2.29. The van der Waals surface area contributed by atoms with Gasteiger partial charge >= 0.3 is 0 Å². The van der Waals surface area contributed by atoms with Crippen molar-refractivity contribution >= 4 is 29.3 Å². The molecule has 2 aliphatic heterocycles. The molecule has 1 fully saturated rings. The first-order chi connectivity index (χ1) is 16.4. The first-order valence-electron chi connectivity index (χ1n) is 11.2. The van der Waals surface area contributed by atoms with Crippen molar-refractivity contribution in [3.05, 3.63) is 88.4 Å². The Hall–Kier alpha value is -4.20. The minimum Gasteiger partial charge on any atom is -0.467 e. The molecule has 0 unspecified atom stereocenters. The highest BCUT2D eigenvalue weighted by Crippen LogP contribution is 2.28. The molecule has 0 spiro atoms. The Balaban J connectivity index is 1.40. The van der Waals surface area contributed by atoms with E-state index >= 15 is 0 Å². The molecule has 0 bridgehead atoms. The monoisotopic (exact) mass is 457 g/mol. The number of nitrogens with zero attached hydrogens (tertiary/aromatic N) is 2. The molecule has 172 valence electrons. The fraction of sp³-hybridized carbons (Fsp3) is 0.231. The van der Waals surface area contributed by atoms with Crippen LogP contribution in [0.15, 0.2) is 59.2 Å². The minimum absolute atomic E-state index is 0.0199. The van der Waals surface area contributed by atoms with E-state index in [1.54, 1.807) is 29.2 Å². The number of nitrogens with one attached hydrogen (secondary N) is 1. The predicted octanol–water partition coefficient (Wildman–Crippen LogP) is 3.87. The van der Waals surface area contributed by atoms with Gasteiger partial charge in [-0.1, -0.05) is 12.1 Å². The number of furan rings is 1. The molecule has 1 aromatic heterocycles. The van der Waals surface area contributed by atoms with Crippen molar-refractivity contribution in [2.24, 2.45) is 0 Å². The molecular weight excluding hydrogens is 434 g/mol. The number of anilines is 1. The van der Waals surface area contributed by atoms with Gasteiger partial charge in [-0.3, -0.25) is 24.1 Å². The van der Waals surface area contributed by atoms with Crippen molar-refractivity contribution in [2.75, 3.05) is 18.4 Å². The number of carbonyl (C=O) groups is 4. The smallest absolute Gasteiger partial charge is 0.261 e. The SMILES string of the molecule is Cc1cccc(C(=O)N2CCCC2)c1NC(=O)c1ccc2c(c1)C(=O)N(Cc1ccco1)C2=O. The second-order valence-electron chi connectivity index (χ2n) is 8.49. The Morgan fingerprint density at radius 3 is 2.47 bits per heavy atom. The topological polar surface area (TPSA) is 99.9 Å². The molecule has 34 heavy (non-hydrogen) atoms. The van der Waals surface area contributed by atoms with Gasteiger partial charge in [0.2, 0.25) is 0 Å². The normalized spacial score (nSPS) is 15.1. The Labute approximate surface area is 196 Å². The second-order valence-corrected chi connectivity index (χ2v) is 8.49. The number of imide groups is 1. The number of benzene rings is 2. The van der Waals surface area contributed by atoms with Gasteiger partial charge in [0, 0.05) is 18.7 Å². The lowest BCUT2D eigenvalue weighted by atomic mass is 10.0. The average Bonchev–Trinajstić information content (AvgIpc) is 3.60. The minimum atomic E-state index is -0.480. The van der Waals surface area contributed by atoms with Crippen LogP contribution in [0.25, 0.3) is 0 Å². The van der Waals surface area contributed by atoms with Crippen molar-refractivity contribution < 1.29 is 23.6 Å². The molecule has 0 radical (unpaired) electrons. The van der Waals surface area contributed by atoms with Gasteiger partial charge in [-0.2, -0.15) is 0 Å². The van der Waals surface area contributed by atoms with E-state index < -0.39 is 17.7 Å².